The zero-order valence-corrected chi connectivity index (χ0v) is 12.8. The standard InChI is InChI=1S/C15H25N3O2/c1-5-10-16-13-8-7-9-14(15(13)18(19)20)17-12(6-2)11(3)4/h7-9,11-12,16-17H,5-6,10H2,1-4H3. The second kappa shape index (κ2) is 7.72. The topological polar surface area (TPSA) is 67.2 Å². The molecule has 2 N–H and O–H groups in total. The van der Waals surface area contributed by atoms with E-state index in [0.29, 0.717) is 17.3 Å². The second-order valence-corrected chi connectivity index (χ2v) is 5.29. The Morgan fingerprint density at radius 3 is 2.40 bits per heavy atom. The summed E-state index contributed by atoms with van der Waals surface area (Å²) in [6.07, 6.45) is 1.86. The largest absolute Gasteiger partial charge is 0.379 e. The third-order valence-electron chi connectivity index (χ3n) is 3.37. The number of anilines is 2. The van der Waals surface area contributed by atoms with Crippen molar-refractivity contribution in [2.75, 3.05) is 17.2 Å². The molecule has 1 aromatic carbocycles. The Bertz CT molecular complexity index is 447. The Morgan fingerprint density at radius 1 is 1.25 bits per heavy atom. The van der Waals surface area contributed by atoms with Crippen molar-refractivity contribution in [1.82, 2.24) is 0 Å². The molecule has 0 amide bonds. The monoisotopic (exact) mass is 279 g/mol. The van der Waals surface area contributed by atoms with Crippen LogP contribution in [0.15, 0.2) is 18.2 Å². The van der Waals surface area contributed by atoms with Crippen LogP contribution in [0.5, 0.6) is 0 Å². The first-order valence-corrected chi connectivity index (χ1v) is 7.29. The molecule has 0 aliphatic heterocycles. The second-order valence-electron chi connectivity index (χ2n) is 5.29. The number of nitrogens with zero attached hydrogens (tertiary/aromatic N) is 1. The first-order valence-electron chi connectivity index (χ1n) is 7.29. The van der Waals surface area contributed by atoms with Gasteiger partial charge in [0.1, 0.15) is 11.4 Å². The number of hydrogen-bond acceptors (Lipinski definition) is 4. The summed E-state index contributed by atoms with van der Waals surface area (Å²) in [7, 11) is 0. The SMILES string of the molecule is CCCNc1cccc(NC(CC)C(C)C)c1[N+](=O)[O-]. The summed E-state index contributed by atoms with van der Waals surface area (Å²) in [4.78, 5) is 11.1. The number of hydrogen-bond donors (Lipinski definition) is 2. The lowest BCUT2D eigenvalue weighted by atomic mass is 10.0. The quantitative estimate of drug-likeness (QED) is 0.551. The van der Waals surface area contributed by atoms with Gasteiger partial charge in [-0.05, 0) is 30.9 Å². The molecular weight excluding hydrogens is 254 g/mol. The summed E-state index contributed by atoms with van der Waals surface area (Å²) in [5, 5.41) is 17.8. The first kappa shape index (κ1) is 16.3. The van der Waals surface area contributed by atoms with E-state index in [9.17, 15) is 10.1 Å². The molecule has 0 aliphatic rings. The third-order valence-corrected chi connectivity index (χ3v) is 3.37. The number of rotatable bonds is 8. The molecular formula is C15H25N3O2. The highest BCUT2D eigenvalue weighted by molar-refractivity contribution is 5.76. The van der Waals surface area contributed by atoms with Crippen molar-refractivity contribution in [1.29, 1.82) is 0 Å². The zero-order valence-electron chi connectivity index (χ0n) is 12.8. The van der Waals surface area contributed by atoms with E-state index in [1.807, 2.05) is 13.0 Å². The fourth-order valence-corrected chi connectivity index (χ4v) is 2.20. The first-order chi connectivity index (χ1) is 9.51. The van der Waals surface area contributed by atoms with E-state index in [-0.39, 0.29) is 16.7 Å². The molecule has 5 heteroatoms. The molecule has 1 rings (SSSR count). The molecule has 1 atom stereocenters. The third kappa shape index (κ3) is 4.11. The maximum atomic E-state index is 11.4. The van der Waals surface area contributed by atoms with Crippen LogP contribution < -0.4 is 10.6 Å². The summed E-state index contributed by atoms with van der Waals surface area (Å²) >= 11 is 0. The van der Waals surface area contributed by atoms with Gasteiger partial charge in [-0.1, -0.05) is 33.8 Å². The minimum Gasteiger partial charge on any atom is -0.379 e. The summed E-state index contributed by atoms with van der Waals surface area (Å²) in [6, 6.07) is 5.62. The van der Waals surface area contributed by atoms with Gasteiger partial charge in [0.15, 0.2) is 0 Å². The molecule has 20 heavy (non-hydrogen) atoms. The van der Waals surface area contributed by atoms with Crippen LogP contribution in [0.3, 0.4) is 0 Å². The number of benzene rings is 1. The lowest BCUT2D eigenvalue weighted by molar-refractivity contribution is -0.383. The highest BCUT2D eigenvalue weighted by Crippen LogP contribution is 2.34. The molecule has 0 spiro atoms. The highest BCUT2D eigenvalue weighted by Gasteiger charge is 2.22. The predicted molar refractivity (Wildman–Crippen MR) is 84.4 cm³/mol. The minimum absolute atomic E-state index is 0.139. The van der Waals surface area contributed by atoms with Crippen LogP contribution in [0, 0.1) is 16.0 Å². The Morgan fingerprint density at radius 2 is 1.90 bits per heavy atom. The molecule has 0 fully saturated rings. The van der Waals surface area contributed by atoms with Gasteiger partial charge in [0, 0.05) is 12.6 Å². The minimum atomic E-state index is -0.312. The Labute approximate surface area is 120 Å². The highest BCUT2D eigenvalue weighted by atomic mass is 16.6. The molecule has 5 nitrogen and oxygen atoms in total. The van der Waals surface area contributed by atoms with Crippen LogP contribution in [-0.2, 0) is 0 Å². The molecule has 0 heterocycles. The number of nitrogens with one attached hydrogen (secondary N) is 2. The van der Waals surface area contributed by atoms with E-state index < -0.39 is 0 Å². The molecule has 0 radical (unpaired) electrons. The van der Waals surface area contributed by atoms with E-state index in [1.54, 1.807) is 12.1 Å². The number of para-hydroxylation sites is 1. The average Bonchev–Trinajstić information content (AvgIpc) is 2.41. The van der Waals surface area contributed by atoms with Gasteiger partial charge in [-0.15, -0.1) is 0 Å². The van der Waals surface area contributed by atoms with E-state index >= 15 is 0 Å². The van der Waals surface area contributed by atoms with Crippen LogP contribution in [-0.4, -0.2) is 17.5 Å². The van der Waals surface area contributed by atoms with Crippen molar-refractivity contribution < 1.29 is 4.92 Å². The van der Waals surface area contributed by atoms with Crippen molar-refractivity contribution >= 4 is 17.1 Å². The summed E-state index contributed by atoms with van der Waals surface area (Å²) in [5.41, 5.74) is 1.32. The van der Waals surface area contributed by atoms with Crippen LogP contribution in [0.4, 0.5) is 17.1 Å². The smallest absolute Gasteiger partial charge is 0.315 e. The predicted octanol–water partition coefficient (Wildman–Crippen LogP) is 4.26. The van der Waals surface area contributed by atoms with E-state index in [2.05, 4.69) is 31.4 Å². The Hall–Kier alpha value is -1.78. The lowest BCUT2D eigenvalue weighted by Crippen LogP contribution is -2.25. The van der Waals surface area contributed by atoms with Crippen LogP contribution in [0.2, 0.25) is 0 Å². The molecule has 1 aromatic rings. The molecule has 112 valence electrons. The van der Waals surface area contributed by atoms with Crippen molar-refractivity contribution in [3.63, 3.8) is 0 Å². The summed E-state index contributed by atoms with van der Waals surface area (Å²) < 4.78 is 0. The van der Waals surface area contributed by atoms with Gasteiger partial charge in [0.2, 0.25) is 0 Å². The van der Waals surface area contributed by atoms with Crippen LogP contribution in [0.1, 0.15) is 40.5 Å². The molecule has 0 aromatic heterocycles. The lowest BCUT2D eigenvalue weighted by Gasteiger charge is -2.22. The van der Waals surface area contributed by atoms with Crippen molar-refractivity contribution in [2.45, 2.75) is 46.6 Å². The number of nitro benzene ring substituents is 1. The molecule has 1 unspecified atom stereocenters. The summed E-state index contributed by atoms with van der Waals surface area (Å²) in [5.74, 6) is 0.423. The maximum Gasteiger partial charge on any atom is 0.315 e. The van der Waals surface area contributed by atoms with E-state index in [0.717, 1.165) is 19.4 Å². The van der Waals surface area contributed by atoms with E-state index in [4.69, 9.17) is 0 Å². The van der Waals surface area contributed by atoms with Gasteiger partial charge in [-0.25, -0.2) is 0 Å². The Balaban J connectivity index is 3.08. The van der Waals surface area contributed by atoms with E-state index in [1.165, 1.54) is 0 Å². The Kier molecular flexibility index (Phi) is 6.28. The average molecular weight is 279 g/mol. The van der Waals surface area contributed by atoms with Crippen molar-refractivity contribution in [3.05, 3.63) is 28.3 Å². The van der Waals surface area contributed by atoms with Gasteiger partial charge in [-0.2, -0.15) is 0 Å². The fraction of sp³-hybridized carbons (Fsp3) is 0.600. The van der Waals surface area contributed by atoms with Crippen LogP contribution in [0.25, 0.3) is 0 Å². The van der Waals surface area contributed by atoms with Gasteiger partial charge in [-0.3, -0.25) is 10.1 Å². The van der Waals surface area contributed by atoms with Gasteiger partial charge < -0.3 is 10.6 Å². The summed E-state index contributed by atoms with van der Waals surface area (Å²) in [6.45, 7) is 9.08. The van der Waals surface area contributed by atoms with Gasteiger partial charge in [0.05, 0.1) is 4.92 Å². The van der Waals surface area contributed by atoms with Gasteiger partial charge in [0.25, 0.3) is 0 Å². The molecule has 0 bridgehead atoms. The number of nitro groups is 1. The maximum absolute atomic E-state index is 11.4. The van der Waals surface area contributed by atoms with Crippen molar-refractivity contribution in [3.8, 4) is 0 Å². The normalized spacial score (nSPS) is 12.2. The van der Waals surface area contributed by atoms with Crippen LogP contribution >= 0.6 is 0 Å². The van der Waals surface area contributed by atoms with Crippen molar-refractivity contribution in [2.24, 2.45) is 5.92 Å². The van der Waals surface area contributed by atoms with Gasteiger partial charge >= 0.3 is 5.69 Å². The molecule has 0 aliphatic carbocycles. The molecule has 0 saturated carbocycles. The fourth-order valence-electron chi connectivity index (χ4n) is 2.20. The molecule has 0 saturated heterocycles. The zero-order chi connectivity index (χ0) is 15.1.